The van der Waals surface area contributed by atoms with Crippen molar-refractivity contribution in [2.75, 3.05) is 18.2 Å². The highest BCUT2D eigenvalue weighted by molar-refractivity contribution is 7.98. The first-order valence-electron chi connectivity index (χ1n) is 7.14. The monoisotopic (exact) mass is 367 g/mol. The van der Waals surface area contributed by atoms with Crippen LogP contribution in [0.1, 0.15) is 10.4 Å². The van der Waals surface area contributed by atoms with E-state index in [-0.39, 0.29) is 5.75 Å². The molecule has 0 saturated heterocycles. The van der Waals surface area contributed by atoms with Crippen LogP contribution in [-0.4, -0.2) is 31.4 Å². The molecule has 0 radical (unpaired) electrons. The van der Waals surface area contributed by atoms with E-state index in [0.717, 1.165) is 4.90 Å². The summed E-state index contributed by atoms with van der Waals surface area (Å²) in [5.41, 5.74) is 0.714. The second-order valence-electron chi connectivity index (χ2n) is 4.76. The molecule has 2 aromatic carbocycles. The highest BCUT2D eigenvalue weighted by atomic mass is 32.2. The predicted octanol–water partition coefficient (Wildman–Crippen LogP) is 3.81. The summed E-state index contributed by atoms with van der Waals surface area (Å²) in [7, 11) is 0. The van der Waals surface area contributed by atoms with Gasteiger partial charge in [-0.1, -0.05) is 0 Å². The number of thioether (sulfide) groups is 1. The van der Waals surface area contributed by atoms with Crippen molar-refractivity contribution < 1.29 is 27.8 Å². The van der Waals surface area contributed by atoms with E-state index in [1.54, 1.807) is 36.0 Å². The molecule has 8 heteroatoms. The minimum atomic E-state index is -2.91. The lowest BCUT2D eigenvalue weighted by Gasteiger charge is -2.08. The maximum Gasteiger partial charge on any atom is 0.387 e. The average Bonchev–Trinajstić information content (AvgIpc) is 2.61. The molecule has 1 N–H and O–H groups in total. The summed E-state index contributed by atoms with van der Waals surface area (Å²) in [5.74, 6) is -1.17. The number of ether oxygens (including phenoxy) is 2. The number of carbonyl (C=O) groups is 2. The van der Waals surface area contributed by atoms with Gasteiger partial charge in [-0.05, 0) is 54.8 Å². The van der Waals surface area contributed by atoms with E-state index < -0.39 is 25.1 Å². The Hall–Kier alpha value is -2.61. The number of benzene rings is 2. The maximum atomic E-state index is 12.0. The first-order chi connectivity index (χ1) is 12.0. The van der Waals surface area contributed by atoms with Crippen molar-refractivity contribution in [3.05, 3.63) is 54.1 Å². The Morgan fingerprint density at radius 2 is 1.72 bits per heavy atom. The quantitative estimate of drug-likeness (QED) is 0.596. The van der Waals surface area contributed by atoms with Crippen LogP contribution in [0.2, 0.25) is 0 Å². The molecule has 5 nitrogen and oxygen atoms in total. The maximum absolute atomic E-state index is 12.0. The lowest BCUT2D eigenvalue weighted by atomic mass is 10.2. The van der Waals surface area contributed by atoms with Gasteiger partial charge in [0, 0.05) is 10.6 Å². The number of rotatable bonds is 7. The molecule has 0 aliphatic carbocycles. The van der Waals surface area contributed by atoms with Crippen molar-refractivity contribution in [3.63, 3.8) is 0 Å². The van der Waals surface area contributed by atoms with E-state index in [0.29, 0.717) is 11.3 Å². The van der Waals surface area contributed by atoms with Gasteiger partial charge >= 0.3 is 12.6 Å². The zero-order valence-electron chi connectivity index (χ0n) is 13.2. The molecule has 2 rings (SSSR count). The number of alkyl halides is 2. The van der Waals surface area contributed by atoms with Gasteiger partial charge in [-0.3, -0.25) is 4.79 Å². The van der Waals surface area contributed by atoms with E-state index in [2.05, 4.69) is 10.1 Å². The van der Waals surface area contributed by atoms with Crippen LogP contribution in [0.4, 0.5) is 14.5 Å². The Bertz CT molecular complexity index is 720. The summed E-state index contributed by atoms with van der Waals surface area (Å²) in [6.45, 7) is -3.37. The predicted molar refractivity (Wildman–Crippen MR) is 90.2 cm³/mol. The zero-order chi connectivity index (χ0) is 18.2. The zero-order valence-corrected chi connectivity index (χ0v) is 14.0. The molecule has 132 valence electrons. The summed E-state index contributed by atoms with van der Waals surface area (Å²) >= 11 is 1.55. The fourth-order valence-electron chi connectivity index (χ4n) is 1.86. The van der Waals surface area contributed by atoms with Gasteiger partial charge in [-0.15, -0.1) is 11.8 Å². The molecule has 0 saturated carbocycles. The van der Waals surface area contributed by atoms with Crippen molar-refractivity contribution in [1.82, 2.24) is 0 Å². The van der Waals surface area contributed by atoms with E-state index in [9.17, 15) is 18.4 Å². The third-order valence-corrected chi connectivity index (χ3v) is 3.77. The van der Waals surface area contributed by atoms with Gasteiger partial charge in [0.2, 0.25) is 0 Å². The number of carbonyl (C=O) groups excluding carboxylic acids is 2. The molecule has 0 atom stereocenters. The third kappa shape index (κ3) is 6.07. The fourth-order valence-corrected chi connectivity index (χ4v) is 2.27. The highest BCUT2D eigenvalue weighted by Gasteiger charge is 2.11. The molecule has 0 unspecified atom stereocenters. The Balaban J connectivity index is 1.82. The SMILES string of the molecule is CSc1ccc(C(=O)OCC(=O)Nc2ccc(OC(F)F)cc2)cc1. The molecule has 0 aliphatic rings. The number of hydrogen-bond donors (Lipinski definition) is 1. The van der Waals surface area contributed by atoms with Gasteiger partial charge in [-0.25, -0.2) is 4.79 Å². The number of anilines is 1. The van der Waals surface area contributed by atoms with Crippen molar-refractivity contribution in [2.45, 2.75) is 11.5 Å². The Kier molecular flexibility index (Phi) is 6.76. The lowest BCUT2D eigenvalue weighted by Crippen LogP contribution is -2.20. The van der Waals surface area contributed by atoms with E-state index >= 15 is 0 Å². The largest absolute Gasteiger partial charge is 0.452 e. The van der Waals surface area contributed by atoms with Gasteiger partial charge in [0.15, 0.2) is 6.61 Å². The second kappa shape index (κ2) is 9.03. The smallest absolute Gasteiger partial charge is 0.387 e. The van der Waals surface area contributed by atoms with Crippen LogP contribution in [0, 0.1) is 0 Å². The molecule has 0 spiro atoms. The number of nitrogens with one attached hydrogen (secondary N) is 1. The van der Waals surface area contributed by atoms with Crippen LogP contribution in [0.15, 0.2) is 53.4 Å². The van der Waals surface area contributed by atoms with Crippen LogP contribution in [0.5, 0.6) is 5.75 Å². The lowest BCUT2D eigenvalue weighted by molar-refractivity contribution is -0.119. The number of halogens is 2. The number of amides is 1. The fraction of sp³-hybridized carbons (Fsp3) is 0.176. The third-order valence-electron chi connectivity index (χ3n) is 3.02. The van der Waals surface area contributed by atoms with E-state index in [1.165, 1.54) is 24.3 Å². The minimum Gasteiger partial charge on any atom is -0.452 e. The molecule has 0 heterocycles. The standard InChI is InChI=1S/C17H15F2NO4S/c1-25-14-8-2-11(3-9-14)16(22)23-10-15(21)20-12-4-6-13(7-5-12)24-17(18)19/h2-9,17H,10H2,1H3,(H,20,21). The normalized spacial score (nSPS) is 10.4. The van der Waals surface area contributed by atoms with Crippen LogP contribution < -0.4 is 10.1 Å². The van der Waals surface area contributed by atoms with E-state index in [1.807, 2.05) is 6.26 Å². The van der Waals surface area contributed by atoms with Crippen LogP contribution in [-0.2, 0) is 9.53 Å². The number of esters is 1. The Morgan fingerprint density at radius 3 is 2.28 bits per heavy atom. The highest BCUT2D eigenvalue weighted by Crippen LogP contribution is 2.18. The molecule has 25 heavy (non-hydrogen) atoms. The van der Waals surface area contributed by atoms with Gasteiger partial charge in [-0.2, -0.15) is 8.78 Å². The average molecular weight is 367 g/mol. The summed E-state index contributed by atoms with van der Waals surface area (Å²) < 4.78 is 33.2. The van der Waals surface area contributed by atoms with Crippen LogP contribution in [0.3, 0.4) is 0 Å². The summed E-state index contributed by atoms with van der Waals surface area (Å²) in [4.78, 5) is 24.6. The van der Waals surface area contributed by atoms with Gasteiger partial charge in [0.1, 0.15) is 5.75 Å². The van der Waals surface area contributed by atoms with E-state index in [4.69, 9.17) is 4.74 Å². The summed E-state index contributed by atoms with van der Waals surface area (Å²) in [5, 5.41) is 2.48. The summed E-state index contributed by atoms with van der Waals surface area (Å²) in [6.07, 6.45) is 1.92. The molecule has 0 aliphatic heterocycles. The van der Waals surface area contributed by atoms with Gasteiger partial charge < -0.3 is 14.8 Å². The minimum absolute atomic E-state index is 0.0203. The summed E-state index contributed by atoms with van der Waals surface area (Å²) in [6, 6.07) is 12.2. The molecular weight excluding hydrogens is 352 g/mol. The molecule has 1 amide bonds. The van der Waals surface area contributed by atoms with Crippen LogP contribution in [0.25, 0.3) is 0 Å². The Morgan fingerprint density at radius 1 is 1.08 bits per heavy atom. The van der Waals surface area contributed by atoms with Gasteiger partial charge in [0.05, 0.1) is 5.56 Å². The van der Waals surface area contributed by atoms with Gasteiger partial charge in [0.25, 0.3) is 5.91 Å². The molecule has 0 fully saturated rings. The molecular formula is C17H15F2NO4S. The molecule has 0 aromatic heterocycles. The second-order valence-corrected chi connectivity index (χ2v) is 5.64. The number of hydrogen-bond acceptors (Lipinski definition) is 5. The van der Waals surface area contributed by atoms with Crippen molar-refractivity contribution in [3.8, 4) is 5.75 Å². The molecule has 2 aromatic rings. The van der Waals surface area contributed by atoms with Crippen molar-refractivity contribution >= 4 is 29.3 Å². The Labute approximate surface area is 147 Å². The first kappa shape index (κ1) is 18.7. The molecule has 0 bridgehead atoms. The first-order valence-corrected chi connectivity index (χ1v) is 8.36. The van der Waals surface area contributed by atoms with Crippen molar-refractivity contribution in [2.24, 2.45) is 0 Å². The topological polar surface area (TPSA) is 64.6 Å². The van der Waals surface area contributed by atoms with Crippen molar-refractivity contribution in [1.29, 1.82) is 0 Å². The van der Waals surface area contributed by atoms with Crippen LogP contribution >= 0.6 is 11.8 Å².